The molecular formula is C14H23NO. The van der Waals surface area contributed by atoms with Crippen molar-refractivity contribution in [1.29, 1.82) is 0 Å². The van der Waals surface area contributed by atoms with Crippen molar-refractivity contribution >= 4 is 0 Å². The predicted octanol–water partition coefficient (Wildman–Crippen LogP) is 2.32. The standard InChI is InChI=1S/C14H23NO/c1-12(9-10-16)15-11-14(2,3)13-7-5-4-6-8-13/h4-8,12,15-16H,9-11H2,1-3H3. The molecule has 0 aliphatic heterocycles. The molecule has 0 bridgehead atoms. The molecule has 0 aliphatic carbocycles. The fourth-order valence-corrected chi connectivity index (χ4v) is 1.72. The second kappa shape index (κ2) is 6.02. The summed E-state index contributed by atoms with van der Waals surface area (Å²) in [6, 6.07) is 10.9. The van der Waals surface area contributed by atoms with Crippen LogP contribution in [0.3, 0.4) is 0 Å². The van der Waals surface area contributed by atoms with Gasteiger partial charge in [-0.1, -0.05) is 44.2 Å². The topological polar surface area (TPSA) is 32.3 Å². The van der Waals surface area contributed by atoms with Crippen LogP contribution in [0, 0.1) is 0 Å². The molecule has 0 spiro atoms. The molecule has 16 heavy (non-hydrogen) atoms. The van der Waals surface area contributed by atoms with Crippen molar-refractivity contribution in [1.82, 2.24) is 5.32 Å². The number of hydrogen-bond donors (Lipinski definition) is 2. The normalized spacial score (nSPS) is 13.8. The highest BCUT2D eigenvalue weighted by Crippen LogP contribution is 2.21. The third-order valence-corrected chi connectivity index (χ3v) is 3.01. The monoisotopic (exact) mass is 221 g/mol. The number of rotatable bonds is 6. The molecule has 0 saturated carbocycles. The number of nitrogens with one attached hydrogen (secondary N) is 1. The van der Waals surface area contributed by atoms with Crippen LogP contribution in [0.1, 0.15) is 32.8 Å². The maximum Gasteiger partial charge on any atom is 0.0445 e. The first-order chi connectivity index (χ1) is 7.56. The second-order valence-corrected chi connectivity index (χ2v) is 5.04. The van der Waals surface area contributed by atoms with Crippen molar-refractivity contribution in [2.24, 2.45) is 0 Å². The van der Waals surface area contributed by atoms with E-state index in [9.17, 15) is 0 Å². The van der Waals surface area contributed by atoms with Crippen LogP contribution in [0.15, 0.2) is 30.3 Å². The minimum Gasteiger partial charge on any atom is -0.396 e. The largest absolute Gasteiger partial charge is 0.396 e. The van der Waals surface area contributed by atoms with Gasteiger partial charge >= 0.3 is 0 Å². The predicted molar refractivity (Wildman–Crippen MR) is 68.6 cm³/mol. The molecule has 0 aromatic heterocycles. The van der Waals surface area contributed by atoms with Crippen LogP contribution in [-0.2, 0) is 5.41 Å². The zero-order valence-corrected chi connectivity index (χ0v) is 10.5. The van der Waals surface area contributed by atoms with Crippen molar-refractivity contribution in [3.63, 3.8) is 0 Å². The van der Waals surface area contributed by atoms with E-state index in [0.29, 0.717) is 6.04 Å². The number of benzene rings is 1. The first kappa shape index (κ1) is 13.2. The lowest BCUT2D eigenvalue weighted by Gasteiger charge is -2.27. The average molecular weight is 221 g/mol. The van der Waals surface area contributed by atoms with Crippen LogP contribution in [0.5, 0.6) is 0 Å². The molecule has 0 heterocycles. The van der Waals surface area contributed by atoms with E-state index in [1.165, 1.54) is 5.56 Å². The van der Waals surface area contributed by atoms with Crippen molar-refractivity contribution in [2.75, 3.05) is 13.2 Å². The zero-order chi connectivity index (χ0) is 12.0. The van der Waals surface area contributed by atoms with Gasteiger partial charge in [-0.05, 0) is 18.9 Å². The molecule has 0 fully saturated rings. The highest BCUT2D eigenvalue weighted by Gasteiger charge is 2.20. The van der Waals surface area contributed by atoms with Crippen LogP contribution >= 0.6 is 0 Å². The Bertz CT molecular complexity index is 295. The van der Waals surface area contributed by atoms with E-state index < -0.39 is 0 Å². The minimum absolute atomic E-state index is 0.130. The molecule has 0 radical (unpaired) electrons. The summed E-state index contributed by atoms with van der Waals surface area (Å²) in [7, 11) is 0. The Balaban J connectivity index is 2.52. The van der Waals surface area contributed by atoms with Gasteiger partial charge in [-0.15, -0.1) is 0 Å². The fourth-order valence-electron chi connectivity index (χ4n) is 1.72. The summed E-state index contributed by atoms with van der Waals surface area (Å²) in [4.78, 5) is 0. The summed E-state index contributed by atoms with van der Waals surface area (Å²) in [5, 5.41) is 12.3. The third kappa shape index (κ3) is 3.95. The lowest BCUT2D eigenvalue weighted by atomic mass is 9.84. The molecule has 0 amide bonds. The molecule has 1 aromatic rings. The average Bonchev–Trinajstić information content (AvgIpc) is 2.28. The Morgan fingerprint density at radius 2 is 1.88 bits per heavy atom. The fraction of sp³-hybridized carbons (Fsp3) is 0.571. The Morgan fingerprint density at radius 3 is 2.44 bits per heavy atom. The first-order valence-corrected chi connectivity index (χ1v) is 5.96. The van der Waals surface area contributed by atoms with Gasteiger partial charge in [0.25, 0.3) is 0 Å². The summed E-state index contributed by atoms with van der Waals surface area (Å²) < 4.78 is 0. The van der Waals surface area contributed by atoms with E-state index in [2.05, 4.69) is 50.4 Å². The molecule has 2 nitrogen and oxygen atoms in total. The molecule has 0 saturated heterocycles. The van der Waals surface area contributed by atoms with Gasteiger partial charge in [0.15, 0.2) is 0 Å². The van der Waals surface area contributed by atoms with Gasteiger partial charge in [-0.25, -0.2) is 0 Å². The van der Waals surface area contributed by atoms with Crippen molar-refractivity contribution in [2.45, 2.75) is 38.6 Å². The van der Waals surface area contributed by atoms with Crippen LogP contribution in [0.4, 0.5) is 0 Å². The van der Waals surface area contributed by atoms with E-state index in [1.54, 1.807) is 0 Å². The van der Waals surface area contributed by atoms with Crippen molar-refractivity contribution in [3.05, 3.63) is 35.9 Å². The van der Waals surface area contributed by atoms with E-state index >= 15 is 0 Å². The molecule has 90 valence electrons. The summed E-state index contributed by atoms with van der Waals surface area (Å²) >= 11 is 0. The van der Waals surface area contributed by atoms with Gasteiger partial charge in [-0.2, -0.15) is 0 Å². The van der Waals surface area contributed by atoms with E-state index in [1.807, 2.05) is 6.07 Å². The molecule has 1 atom stereocenters. The summed E-state index contributed by atoms with van der Waals surface area (Å²) in [6.45, 7) is 7.76. The maximum atomic E-state index is 8.84. The number of aliphatic hydroxyl groups is 1. The lowest BCUT2D eigenvalue weighted by molar-refractivity contribution is 0.265. The van der Waals surface area contributed by atoms with Gasteiger partial charge < -0.3 is 10.4 Å². The van der Waals surface area contributed by atoms with Crippen LogP contribution in [-0.4, -0.2) is 24.3 Å². The third-order valence-electron chi connectivity index (χ3n) is 3.01. The summed E-state index contributed by atoms with van der Waals surface area (Å²) in [6.07, 6.45) is 0.810. The Morgan fingerprint density at radius 1 is 1.25 bits per heavy atom. The molecule has 2 N–H and O–H groups in total. The molecule has 1 aromatic carbocycles. The Hall–Kier alpha value is -0.860. The Labute approximate surface area is 98.7 Å². The SMILES string of the molecule is CC(CCO)NCC(C)(C)c1ccccc1. The maximum absolute atomic E-state index is 8.84. The number of aliphatic hydroxyl groups excluding tert-OH is 1. The molecule has 1 unspecified atom stereocenters. The lowest BCUT2D eigenvalue weighted by Crippen LogP contribution is -2.38. The Kier molecular flexibility index (Phi) is 4.97. The minimum atomic E-state index is 0.130. The summed E-state index contributed by atoms with van der Waals surface area (Å²) in [5.41, 5.74) is 1.48. The van der Waals surface area contributed by atoms with Crippen LogP contribution < -0.4 is 5.32 Å². The second-order valence-electron chi connectivity index (χ2n) is 5.04. The molecule has 2 heteroatoms. The highest BCUT2D eigenvalue weighted by molar-refractivity contribution is 5.23. The van der Waals surface area contributed by atoms with Crippen LogP contribution in [0.25, 0.3) is 0 Å². The van der Waals surface area contributed by atoms with Crippen molar-refractivity contribution in [3.8, 4) is 0 Å². The van der Waals surface area contributed by atoms with Gasteiger partial charge in [0.2, 0.25) is 0 Å². The molecule has 1 rings (SSSR count). The van der Waals surface area contributed by atoms with Gasteiger partial charge in [0.1, 0.15) is 0 Å². The van der Waals surface area contributed by atoms with Gasteiger partial charge in [-0.3, -0.25) is 0 Å². The summed E-state index contributed by atoms with van der Waals surface area (Å²) in [5.74, 6) is 0. The molecule has 0 aliphatic rings. The van der Waals surface area contributed by atoms with E-state index in [-0.39, 0.29) is 12.0 Å². The van der Waals surface area contributed by atoms with E-state index in [0.717, 1.165) is 13.0 Å². The smallest absolute Gasteiger partial charge is 0.0445 e. The number of hydrogen-bond acceptors (Lipinski definition) is 2. The van der Waals surface area contributed by atoms with E-state index in [4.69, 9.17) is 5.11 Å². The first-order valence-electron chi connectivity index (χ1n) is 5.96. The highest BCUT2D eigenvalue weighted by atomic mass is 16.3. The van der Waals surface area contributed by atoms with Crippen LogP contribution in [0.2, 0.25) is 0 Å². The molecular weight excluding hydrogens is 198 g/mol. The zero-order valence-electron chi connectivity index (χ0n) is 10.5. The van der Waals surface area contributed by atoms with Gasteiger partial charge in [0.05, 0.1) is 0 Å². The van der Waals surface area contributed by atoms with Gasteiger partial charge in [0, 0.05) is 24.6 Å². The quantitative estimate of drug-likeness (QED) is 0.772. The van der Waals surface area contributed by atoms with Crippen molar-refractivity contribution < 1.29 is 5.11 Å².